The number of nitrogens with two attached hydrogens (primary N) is 1. The number of carbonyl (C=O) groups is 2. The molecule has 108 valence electrons. The van der Waals surface area contributed by atoms with Crippen LogP contribution in [0.3, 0.4) is 0 Å². The van der Waals surface area contributed by atoms with Gasteiger partial charge in [-0.25, -0.2) is 4.79 Å². The van der Waals surface area contributed by atoms with Crippen LogP contribution >= 0.6 is 0 Å². The average molecular weight is 285 g/mol. The fraction of sp³-hybridized carbons (Fsp3) is 0.125. The van der Waals surface area contributed by atoms with Gasteiger partial charge in [-0.2, -0.15) is 0 Å². The van der Waals surface area contributed by atoms with Crippen LogP contribution in [0.5, 0.6) is 5.75 Å². The summed E-state index contributed by atoms with van der Waals surface area (Å²) in [6.07, 6.45) is 0. The highest BCUT2D eigenvalue weighted by molar-refractivity contribution is 5.92. The monoisotopic (exact) mass is 285 g/mol. The van der Waals surface area contributed by atoms with E-state index in [9.17, 15) is 9.59 Å². The first kappa shape index (κ1) is 14.6. The normalized spacial score (nSPS) is 9.90. The molecule has 2 aromatic rings. The SMILES string of the molecule is NC(=O)COC(=O)c1ccccc1COc1ccccc1. The van der Waals surface area contributed by atoms with Crippen molar-refractivity contribution >= 4 is 11.9 Å². The lowest BCUT2D eigenvalue weighted by atomic mass is 10.1. The molecular weight excluding hydrogens is 270 g/mol. The summed E-state index contributed by atoms with van der Waals surface area (Å²) in [6, 6.07) is 16.2. The van der Waals surface area contributed by atoms with Crippen LogP contribution in [0, 0.1) is 0 Å². The Morgan fingerprint density at radius 2 is 1.62 bits per heavy atom. The van der Waals surface area contributed by atoms with Gasteiger partial charge in [-0.1, -0.05) is 36.4 Å². The largest absolute Gasteiger partial charge is 0.489 e. The van der Waals surface area contributed by atoms with Gasteiger partial charge in [0.1, 0.15) is 12.4 Å². The van der Waals surface area contributed by atoms with Crippen LogP contribution in [0.2, 0.25) is 0 Å². The van der Waals surface area contributed by atoms with Gasteiger partial charge >= 0.3 is 5.97 Å². The van der Waals surface area contributed by atoms with E-state index in [1.165, 1.54) is 0 Å². The van der Waals surface area contributed by atoms with Gasteiger partial charge in [-0.15, -0.1) is 0 Å². The van der Waals surface area contributed by atoms with E-state index < -0.39 is 18.5 Å². The maximum Gasteiger partial charge on any atom is 0.339 e. The van der Waals surface area contributed by atoms with Crippen LogP contribution in [0.15, 0.2) is 54.6 Å². The predicted octanol–water partition coefficient (Wildman–Crippen LogP) is 1.91. The van der Waals surface area contributed by atoms with E-state index in [1.807, 2.05) is 30.3 Å². The van der Waals surface area contributed by atoms with Crippen molar-refractivity contribution in [2.24, 2.45) is 5.73 Å². The number of esters is 1. The number of hydrogen-bond acceptors (Lipinski definition) is 4. The Labute approximate surface area is 122 Å². The maximum absolute atomic E-state index is 11.9. The molecule has 0 saturated carbocycles. The second-order valence-electron chi connectivity index (χ2n) is 4.30. The van der Waals surface area contributed by atoms with Crippen molar-refractivity contribution < 1.29 is 19.1 Å². The van der Waals surface area contributed by atoms with Crippen LogP contribution in [-0.2, 0) is 16.1 Å². The Morgan fingerprint density at radius 1 is 0.952 bits per heavy atom. The molecule has 0 aromatic heterocycles. The quantitative estimate of drug-likeness (QED) is 0.822. The Hall–Kier alpha value is -2.82. The second-order valence-corrected chi connectivity index (χ2v) is 4.30. The fourth-order valence-electron chi connectivity index (χ4n) is 1.74. The number of carbonyl (C=O) groups excluding carboxylic acids is 2. The first-order valence-electron chi connectivity index (χ1n) is 6.38. The average Bonchev–Trinajstić information content (AvgIpc) is 2.52. The molecule has 5 heteroatoms. The van der Waals surface area contributed by atoms with Gasteiger partial charge in [-0.3, -0.25) is 4.79 Å². The summed E-state index contributed by atoms with van der Waals surface area (Å²) in [5.41, 5.74) is 5.98. The third-order valence-electron chi connectivity index (χ3n) is 2.72. The third kappa shape index (κ3) is 4.35. The zero-order chi connectivity index (χ0) is 15.1. The highest BCUT2D eigenvalue weighted by Gasteiger charge is 2.13. The van der Waals surface area contributed by atoms with Crippen LogP contribution in [0.25, 0.3) is 0 Å². The number of para-hydroxylation sites is 1. The zero-order valence-corrected chi connectivity index (χ0v) is 11.3. The van der Waals surface area contributed by atoms with E-state index in [-0.39, 0.29) is 6.61 Å². The van der Waals surface area contributed by atoms with Crippen molar-refractivity contribution in [1.29, 1.82) is 0 Å². The smallest absolute Gasteiger partial charge is 0.339 e. The molecule has 21 heavy (non-hydrogen) atoms. The van der Waals surface area contributed by atoms with Crippen LogP contribution in [0.1, 0.15) is 15.9 Å². The van der Waals surface area contributed by atoms with Crippen molar-refractivity contribution in [3.05, 3.63) is 65.7 Å². The number of hydrogen-bond donors (Lipinski definition) is 1. The van der Waals surface area contributed by atoms with Crippen molar-refractivity contribution in [2.45, 2.75) is 6.61 Å². The highest BCUT2D eigenvalue weighted by Crippen LogP contribution is 2.15. The molecule has 0 aliphatic carbocycles. The molecule has 0 spiro atoms. The lowest BCUT2D eigenvalue weighted by molar-refractivity contribution is -0.121. The van der Waals surface area contributed by atoms with Gasteiger partial charge in [0.25, 0.3) is 5.91 Å². The van der Waals surface area contributed by atoms with E-state index >= 15 is 0 Å². The van der Waals surface area contributed by atoms with E-state index in [0.29, 0.717) is 16.9 Å². The van der Waals surface area contributed by atoms with Crippen LogP contribution in [0.4, 0.5) is 0 Å². The number of ether oxygens (including phenoxy) is 2. The van der Waals surface area contributed by atoms with Crippen LogP contribution < -0.4 is 10.5 Å². The molecule has 0 atom stereocenters. The second kappa shape index (κ2) is 7.09. The number of primary amides is 1. The Morgan fingerprint density at radius 3 is 2.33 bits per heavy atom. The summed E-state index contributed by atoms with van der Waals surface area (Å²) in [5.74, 6) is -0.583. The minimum absolute atomic E-state index is 0.228. The van der Waals surface area contributed by atoms with Crippen molar-refractivity contribution in [3.8, 4) is 5.75 Å². The molecule has 0 saturated heterocycles. The molecule has 0 bridgehead atoms. The van der Waals surface area contributed by atoms with E-state index in [1.54, 1.807) is 24.3 Å². The van der Waals surface area contributed by atoms with Crippen LogP contribution in [-0.4, -0.2) is 18.5 Å². The molecule has 2 rings (SSSR count). The topological polar surface area (TPSA) is 78.6 Å². The standard InChI is InChI=1S/C16H15NO4/c17-15(18)11-21-16(19)14-9-5-4-6-12(14)10-20-13-7-2-1-3-8-13/h1-9H,10-11H2,(H2,17,18). The van der Waals surface area contributed by atoms with E-state index in [0.717, 1.165) is 0 Å². The summed E-state index contributed by atoms with van der Waals surface area (Å²) in [6.45, 7) is -0.210. The molecule has 0 unspecified atom stereocenters. The zero-order valence-electron chi connectivity index (χ0n) is 11.3. The minimum Gasteiger partial charge on any atom is -0.489 e. The van der Waals surface area contributed by atoms with Gasteiger partial charge in [-0.05, 0) is 18.2 Å². The lowest BCUT2D eigenvalue weighted by Gasteiger charge is -2.10. The number of rotatable bonds is 6. The molecule has 0 aliphatic rings. The molecule has 0 heterocycles. The summed E-state index contributed by atoms with van der Waals surface area (Å²) in [4.78, 5) is 22.5. The summed E-state index contributed by atoms with van der Waals surface area (Å²) >= 11 is 0. The maximum atomic E-state index is 11.9. The summed E-state index contributed by atoms with van der Waals surface area (Å²) in [7, 11) is 0. The molecule has 5 nitrogen and oxygen atoms in total. The van der Waals surface area contributed by atoms with Gasteiger partial charge in [0, 0.05) is 5.56 Å². The highest BCUT2D eigenvalue weighted by atomic mass is 16.5. The fourth-order valence-corrected chi connectivity index (χ4v) is 1.74. The predicted molar refractivity (Wildman–Crippen MR) is 76.7 cm³/mol. The lowest BCUT2D eigenvalue weighted by Crippen LogP contribution is -2.21. The van der Waals surface area contributed by atoms with Gasteiger partial charge < -0.3 is 15.2 Å². The molecule has 0 fully saturated rings. The molecule has 0 radical (unpaired) electrons. The third-order valence-corrected chi connectivity index (χ3v) is 2.72. The molecule has 1 amide bonds. The van der Waals surface area contributed by atoms with Gasteiger partial charge in [0.15, 0.2) is 6.61 Å². The van der Waals surface area contributed by atoms with E-state index in [4.69, 9.17) is 15.2 Å². The Bertz CT molecular complexity index is 625. The summed E-state index contributed by atoms with van der Waals surface area (Å²) in [5, 5.41) is 0. The molecule has 2 N–H and O–H groups in total. The summed E-state index contributed by atoms with van der Waals surface area (Å²) < 4.78 is 10.4. The Kier molecular flexibility index (Phi) is 4.93. The molecule has 0 aliphatic heterocycles. The molecule has 2 aromatic carbocycles. The number of benzene rings is 2. The Balaban J connectivity index is 2.06. The van der Waals surface area contributed by atoms with Gasteiger partial charge in [0.2, 0.25) is 0 Å². The van der Waals surface area contributed by atoms with Crippen molar-refractivity contribution in [2.75, 3.05) is 6.61 Å². The first-order chi connectivity index (χ1) is 10.2. The van der Waals surface area contributed by atoms with Gasteiger partial charge in [0.05, 0.1) is 5.56 Å². The molecular formula is C16H15NO4. The van der Waals surface area contributed by atoms with E-state index in [2.05, 4.69) is 0 Å². The van der Waals surface area contributed by atoms with Crippen molar-refractivity contribution in [1.82, 2.24) is 0 Å². The first-order valence-corrected chi connectivity index (χ1v) is 6.38. The minimum atomic E-state index is -0.693. The van der Waals surface area contributed by atoms with Crippen molar-refractivity contribution in [3.63, 3.8) is 0 Å². The number of amides is 1.